The molecular formula is C46H35NO2. The largest absolute Gasteiger partial charge is 0.456 e. The molecule has 0 aliphatic carbocycles. The minimum absolute atomic E-state index is 0.00762. The van der Waals surface area contributed by atoms with Crippen molar-refractivity contribution in [2.75, 3.05) is 4.90 Å². The standard InChI is InChI=1S/C46H35NO2/c1-46(2,3)34-23-26-36-43(29-34)49-41-18-10-16-38(44(36)41)47(35-24-20-32(21-25-35)30-12-6-4-7-13-30)39-17-11-19-42-45(39)37-28-33(22-27-40(37)48-42)31-14-8-5-9-15-31/h4-29H,1-3H3/i4D,5D,6D,7D,8D,9D,10D,11D,12D,13D,14D,15D,16D,17D,18D,19D,20D,21D,22D,23D,24D,25D,26D,27D,28D,29D. The Labute approximate surface area is 322 Å². The SMILES string of the molecule is [2H]c1c([2H])c([2H])c(-c2c([2H])c([2H])c(N(c3c([2H])c([2H])c([2H])c4oc5c([2H])c(C(C)(C)C)c([2H])c([2H])c5c34)c3c([2H])c([2H])c([2H])c4oc5c([2H])c([2H])c(-c6c([2H])c([2H])c([2H])c([2H])c6[2H])c([2H])c5c34)c([2H])c2[2H])c([2H])c1[2H]. The molecule has 3 nitrogen and oxygen atoms in total. The van der Waals surface area contributed by atoms with Crippen LogP contribution in [0.2, 0.25) is 0 Å². The second-order valence-corrected chi connectivity index (χ2v) is 11.8. The van der Waals surface area contributed by atoms with E-state index in [1.807, 2.05) is 0 Å². The van der Waals surface area contributed by atoms with Crippen molar-refractivity contribution in [3.05, 3.63) is 163 Å². The molecule has 9 rings (SSSR count). The molecule has 236 valence electrons. The second kappa shape index (κ2) is 11.3. The van der Waals surface area contributed by atoms with E-state index in [9.17, 15) is 12.3 Å². The summed E-state index contributed by atoms with van der Waals surface area (Å²) in [7, 11) is 0. The van der Waals surface area contributed by atoms with Gasteiger partial charge in [0, 0.05) is 16.5 Å². The van der Waals surface area contributed by atoms with Crippen molar-refractivity contribution in [2.45, 2.75) is 26.2 Å². The van der Waals surface area contributed by atoms with Gasteiger partial charge in [-0.1, -0.05) is 123 Å². The molecule has 0 radical (unpaired) electrons. The van der Waals surface area contributed by atoms with Crippen LogP contribution < -0.4 is 4.90 Å². The summed E-state index contributed by atoms with van der Waals surface area (Å²) in [6.07, 6.45) is 0. The molecular weight excluding hydrogens is 599 g/mol. The van der Waals surface area contributed by atoms with Gasteiger partial charge in [0.2, 0.25) is 0 Å². The molecule has 0 spiro atoms. The van der Waals surface area contributed by atoms with E-state index in [-0.39, 0.29) is 5.56 Å². The van der Waals surface area contributed by atoms with Gasteiger partial charge in [-0.25, -0.2) is 0 Å². The summed E-state index contributed by atoms with van der Waals surface area (Å²) in [5.74, 6) is 0. The highest BCUT2D eigenvalue weighted by Gasteiger charge is 2.24. The van der Waals surface area contributed by atoms with E-state index in [0.717, 1.165) is 0 Å². The molecule has 2 aromatic heterocycles. The molecule has 0 aliphatic heterocycles. The summed E-state index contributed by atoms with van der Waals surface area (Å²) in [5.41, 5.74) is -9.51. The normalized spacial score (nSPS) is 19.4. The number of fused-ring (bicyclic) bond motifs is 6. The maximum Gasteiger partial charge on any atom is 0.137 e. The van der Waals surface area contributed by atoms with Gasteiger partial charge in [0.05, 0.1) is 57.8 Å². The number of hydrogen-bond acceptors (Lipinski definition) is 3. The Morgan fingerprint density at radius 1 is 0.449 bits per heavy atom. The maximum atomic E-state index is 9.70. The van der Waals surface area contributed by atoms with E-state index in [1.165, 1.54) is 0 Å². The molecule has 0 N–H and O–H groups in total. The van der Waals surface area contributed by atoms with Crippen molar-refractivity contribution >= 4 is 60.9 Å². The van der Waals surface area contributed by atoms with Crippen LogP contribution in [0.1, 0.15) is 62.0 Å². The molecule has 0 saturated carbocycles. The Bertz CT molecular complexity index is 4050. The van der Waals surface area contributed by atoms with Crippen LogP contribution in [0.5, 0.6) is 0 Å². The molecule has 0 bridgehead atoms. The molecule has 2 heterocycles. The smallest absolute Gasteiger partial charge is 0.137 e. The lowest BCUT2D eigenvalue weighted by molar-refractivity contribution is 0.587. The van der Waals surface area contributed by atoms with Gasteiger partial charge in [-0.2, -0.15) is 0 Å². The van der Waals surface area contributed by atoms with Crippen LogP contribution in [0.25, 0.3) is 66.1 Å². The average Bonchev–Trinajstić information content (AvgIpc) is 3.96. The predicted octanol–water partition coefficient (Wildman–Crippen LogP) is 13.6. The molecule has 7 aromatic carbocycles. The lowest BCUT2D eigenvalue weighted by atomic mass is 9.86. The number of anilines is 3. The molecule has 0 atom stereocenters. The number of furan rings is 2. The van der Waals surface area contributed by atoms with Gasteiger partial charge in [0.1, 0.15) is 22.3 Å². The van der Waals surface area contributed by atoms with Gasteiger partial charge in [-0.15, -0.1) is 0 Å². The van der Waals surface area contributed by atoms with E-state index in [0.29, 0.717) is 4.90 Å². The van der Waals surface area contributed by atoms with Gasteiger partial charge < -0.3 is 13.7 Å². The van der Waals surface area contributed by atoms with Crippen LogP contribution in [0.15, 0.2) is 166 Å². The second-order valence-electron chi connectivity index (χ2n) is 11.8. The molecule has 0 fully saturated rings. The fourth-order valence-electron chi connectivity index (χ4n) is 5.33. The zero-order valence-electron chi connectivity index (χ0n) is 51.8. The van der Waals surface area contributed by atoms with E-state index < -0.39 is 246 Å². The third-order valence-electron chi connectivity index (χ3n) is 7.64. The van der Waals surface area contributed by atoms with Crippen LogP contribution in [0.3, 0.4) is 0 Å². The first-order valence-electron chi connectivity index (χ1n) is 27.7. The average molecular weight is 660 g/mol. The van der Waals surface area contributed by atoms with Crippen molar-refractivity contribution in [3.8, 4) is 22.3 Å². The Morgan fingerprint density at radius 2 is 1.00 bits per heavy atom. The number of benzene rings is 7. The lowest BCUT2D eigenvalue weighted by Gasteiger charge is -2.27. The lowest BCUT2D eigenvalue weighted by Crippen LogP contribution is -2.11. The molecule has 0 aliphatic rings. The zero-order valence-corrected chi connectivity index (χ0v) is 25.8. The molecule has 49 heavy (non-hydrogen) atoms. The summed E-state index contributed by atoms with van der Waals surface area (Å²) in [4.78, 5) is 0.590. The van der Waals surface area contributed by atoms with Gasteiger partial charge in [0.25, 0.3) is 0 Å². The van der Waals surface area contributed by atoms with E-state index >= 15 is 0 Å². The number of nitrogens with zero attached hydrogens (tertiary/aromatic N) is 1. The highest BCUT2D eigenvalue weighted by molar-refractivity contribution is 6.18. The molecule has 0 saturated heterocycles. The highest BCUT2D eigenvalue weighted by Crippen LogP contribution is 2.47. The molecule has 9 aromatic rings. The van der Waals surface area contributed by atoms with Crippen LogP contribution >= 0.6 is 0 Å². The topological polar surface area (TPSA) is 29.5 Å². The Balaban J connectivity index is 1.60. The van der Waals surface area contributed by atoms with Crippen LogP contribution in [-0.4, -0.2) is 0 Å². The van der Waals surface area contributed by atoms with Crippen molar-refractivity contribution < 1.29 is 44.5 Å². The monoisotopic (exact) mass is 659 g/mol. The van der Waals surface area contributed by atoms with Crippen LogP contribution in [0.4, 0.5) is 17.1 Å². The van der Waals surface area contributed by atoms with Crippen LogP contribution in [0, 0.1) is 0 Å². The first kappa shape index (κ1) is 12.8. The van der Waals surface area contributed by atoms with Crippen LogP contribution in [-0.2, 0) is 5.41 Å². The predicted molar refractivity (Wildman–Crippen MR) is 205 cm³/mol. The summed E-state index contributed by atoms with van der Waals surface area (Å²) < 4.78 is 247. The summed E-state index contributed by atoms with van der Waals surface area (Å²) >= 11 is 0. The van der Waals surface area contributed by atoms with E-state index in [2.05, 4.69) is 0 Å². The summed E-state index contributed by atoms with van der Waals surface area (Å²) in [5, 5.41) is -2.40. The van der Waals surface area contributed by atoms with Gasteiger partial charge in [-0.3, -0.25) is 0 Å². The first-order valence-corrected chi connectivity index (χ1v) is 14.7. The van der Waals surface area contributed by atoms with Crippen molar-refractivity contribution in [3.63, 3.8) is 0 Å². The number of rotatable bonds is 5. The summed E-state index contributed by atoms with van der Waals surface area (Å²) in [6, 6.07) is -24.0. The summed E-state index contributed by atoms with van der Waals surface area (Å²) in [6.45, 7) is 4.95. The third kappa shape index (κ3) is 4.98. The zero-order chi connectivity index (χ0) is 55.7. The third-order valence-corrected chi connectivity index (χ3v) is 7.64. The Morgan fingerprint density at radius 3 is 1.63 bits per heavy atom. The van der Waals surface area contributed by atoms with E-state index in [1.54, 1.807) is 20.8 Å². The Kier molecular flexibility index (Phi) is 2.94. The minimum atomic E-state index is -1.18. The fourth-order valence-corrected chi connectivity index (χ4v) is 5.33. The maximum absolute atomic E-state index is 9.70. The minimum Gasteiger partial charge on any atom is -0.456 e. The quantitative estimate of drug-likeness (QED) is 0.184. The van der Waals surface area contributed by atoms with Crippen molar-refractivity contribution in [1.29, 1.82) is 0 Å². The fraction of sp³-hybridized carbons (Fsp3) is 0.0870. The van der Waals surface area contributed by atoms with Crippen molar-refractivity contribution in [2.24, 2.45) is 0 Å². The molecule has 3 heteroatoms. The number of hydrogen-bond donors (Lipinski definition) is 0. The molecule has 0 unspecified atom stereocenters. The van der Waals surface area contributed by atoms with Gasteiger partial charge in [-0.05, 0) is 87.6 Å². The highest BCUT2D eigenvalue weighted by atomic mass is 16.3. The van der Waals surface area contributed by atoms with Gasteiger partial charge >= 0.3 is 0 Å². The van der Waals surface area contributed by atoms with Gasteiger partial charge in [0.15, 0.2) is 0 Å². The Hall–Kier alpha value is -6.06. The first-order chi connectivity index (χ1) is 34.8. The van der Waals surface area contributed by atoms with Crippen molar-refractivity contribution in [1.82, 2.24) is 0 Å². The molecule has 0 amide bonds. The van der Waals surface area contributed by atoms with E-state index in [4.69, 9.17) is 32.1 Å².